The Hall–Kier alpha value is -1.62. The van der Waals surface area contributed by atoms with Gasteiger partial charge in [0, 0.05) is 12.4 Å². The van der Waals surface area contributed by atoms with E-state index in [1.807, 2.05) is 0 Å². The molecule has 0 bridgehead atoms. The van der Waals surface area contributed by atoms with Crippen molar-refractivity contribution in [2.75, 3.05) is 19.8 Å². The van der Waals surface area contributed by atoms with Crippen molar-refractivity contribution < 1.29 is 19.4 Å². The van der Waals surface area contributed by atoms with Crippen molar-refractivity contribution in [3.05, 3.63) is 24.5 Å². The Morgan fingerprint density at radius 1 is 1.36 bits per heavy atom. The molecular weight excluding hydrogens is 186 g/mol. The van der Waals surface area contributed by atoms with E-state index in [2.05, 4.69) is 4.98 Å². The molecule has 0 atom stereocenters. The third-order valence-corrected chi connectivity index (χ3v) is 1.37. The summed E-state index contributed by atoms with van der Waals surface area (Å²) in [6.07, 6.45) is 3.24. The number of aromatic nitrogens is 1. The van der Waals surface area contributed by atoms with E-state index in [-0.39, 0.29) is 13.2 Å². The van der Waals surface area contributed by atoms with Crippen LogP contribution in [0.4, 0.5) is 0 Å². The Labute approximate surface area is 81.3 Å². The number of pyridine rings is 1. The second-order valence-corrected chi connectivity index (χ2v) is 2.48. The number of nitrogens with zero attached hydrogens (tertiary/aromatic N) is 1. The molecule has 0 aromatic carbocycles. The van der Waals surface area contributed by atoms with E-state index < -0.39 is 5.97 Å². The molecule has 0 aliphatic carbocycles. The van der Waals surface area contributed by atoms with Crippen LogP contribution in [0.1, 0.15) is 0 Å². The molecule has 1 aromatic heterocycles. The van der Waals surface area contributed by atoms with Crippen LogP contribution in [-0.4, -0.2) is 35.9 Å². The molecule has 0 aliphatic heterocycles. The van der Waals surface area contributed by atoms with Crippen LogP contribution in [0.15, 0.2) is 24.5 Å². The zero-order valence-corrected chi connectivity index (χ0v) is 7.55. The highest BCUT2D eigenvalue weighted by Crippen LogP contribution is 2.05. The monoisotopic (exact) mass is 197 g/mol. The zero-order chi connectivity index (χ0) is 10.2. The van der Waals surface area contributed by atoms with Gasteiger partial charge >= 0.3 is 5.97 Å². The maximum Gasteiger partial charge on any atom is 0.329 e. The second kappa shape index (κ2) is 5.93. The first-order chi connectivity index (χ1) is 6.79. The molecule has 1 rings (SSSR count). The molecule has 1 aromatic rings. The number of rotatable bonds is 6. The Morgan fingerprint density at radius 2 is 2.07 bits per heavy atom. The minimum Gasteiger partial charge on any atom is -0.491 e. The number of hydrogen-bond acceptors (Lipinski definition) is 4. The summed E-state index contributed by atoms with van der Waals surface area (Å²) in [5, 5.41) is 8.26. The van der Waals surface area contributed by atoms with Gasteiger partial charge in [0.2, 0.25) is 0 Å². The van der Waals surface area contributed by atoms with Crippen LogP contribution in [0.2, 0.25) is 0 Å². The van der Waals surface area contributed by atoms with Crippen molar-refractivity contribution in [1.29, 1.82) is 0 Å². The van der Waals surface area contributed by atoms with Gasteiger partial charge in [-0.05, 0) is 12.1 Å². The van der Waals surface area contributed by atoms with Crippen LogP contribution < -0.4 is 4.74 Å². The molecule has 0 saturated heterocycles. The molecule has 0 radical (unpaired) electrons. The molecule has 0 aliphatic rings. The fourth-order valence-corrected chi connectivity index (χ4v) is 0.812. The standard InChI is InChI=1S/C9H11NO4/c11-9(12)7-13-5-6-14-8-1-3-10-4-2-8/h1-4H,5-7H2,(H,11,12). The van der Waals surface area contributed by atoms with Crippen molar-refractivity contribution in [3.63, 3.8) is 0 Å². The van der Waals surface area contributed by atoms with Crippen molar-refractivity contribution >= 4 is 5.97 Å². The van der Waals surface area contributed by atoms with Gasteiger partial charge in [-0.25, -0.2) is 4.79 Å². The van der Waals surface area contributed by atoms with Gasteiger partial charge in [-0.15, -0.1) is 0 Å². The average molecular weight is 197 g/mol. The Morgan fingerprint density at radius 3 is 2.71 bits per heavy atom. The first-order valence-corrected chi connectivity index (χ1v) is 4.11. The highest BCUT2D eigenvalue weighted by molar-refractivity contribution is 5.67. The normalized spacial score (nSPS) is 9.71. The maximum absolute atomic E-state index is 10.1. The minimum absolute atomic E-state index is 0.259. The van der Waals surface area contributed by atoms with E-state index in [0.29, 0.717) is 12.4 Å². The topological polar surface area (TPSA) is 68.7 Å². The number of carboxylic acids is 1. The van der Waals surface area contributed by atoms with Crippen molar-refractivity contribution in [2.24, 2.45) is 0 Å². The van der Waals surface area contributed by atoms with Crippen LogP contribution in [0.25, 0.3) is 0 Å². The summed E-state index contributed by atoms with van der Waals surface area (Å²) in [5.41, 5.74) is 0. The predicted octanol–water partition coefficient (Wildman–Crippen LogP) is 0.562. The fraction of sp³-hybridized carbons (Fsp3) is 0.333. The molecule has 5 nitrogen and oxygen atoms in total. The van der Waals surface area contributed by atoms with Gasteiger partial charge < -0.3 is 14.6 Å². The average Bonchev–Trinajstić information content (AvgIpc) is 2.18. The van der Waals surface area contributed by atoms with Gasteiger partial charge in [-0.1, -0.05) is 0 Å². The van der Waals surface area contributed by atoms with E-state index in [9.17, 15) is 4.79 Å². The van der Waals surface area contributed by atoms with Gasteiger partial charge in [-0.3, -0.25) is 4.98 Å². The molecule has 14 heavy (non-hydrogen) atoms. The lowest BCUT2D eigenvalue weighted by Gasteiger charge is -2.04. The highest BCUT2D eigenvalue weighted by atomic mass is 16.5. The molecule has 76 valence electrons. The minimum atomic E-state index is -0.978. The molecule has 5 heteroatoms. The van der Waals surface area contributed by atoms with Crippen LogP contribution >= 0.6 is 0 Å². The lowest BCUT2D eigenvalue weighted by atomic mass is 10.4. The van der Waals surface area contributed by atoms with Gasteiger partial charge in [0.15, 0.2) is 0 Å². The maximum atomic E-state index is 10.1. The van der Waals surface area contributed by atoms with Gasteiger partial charge in [0.05, 0.1) is 6.61 Å². The molecule has 0 fully saturated rings. The Balaban J connectivity index is 2.08. The largest absolute Gasteiger partial charge is 0.491 e. The van der Waals surface area contributed by atoms with Crippen molar-refractivity contribution in [2.45, 2.75) is 0 Å². The highest BCUT2D eigenvalue weighted by Gasteiger charge is 1.96. The number of carbonyl (C=O) groups is 1. The van der Waals surface area contributed by atoms with Crippen LogP contribution in [0, 0.1) is 0 Å². The molecule has 1 heterocycles. The number of ether oxygens (including phenoxy) is 2. The molecule has 0 spiro atoms. The SMILES string of the molecule is O=C(O)COCCOc1ccncc1. The molecule has 0 saturated carbocycles. The summed E-state index contributed by atoms with van der Waals surface area (Å²) in [5.74, 6) is -0.284. The van der Waals surface area contributed by atoms with Gasteiger partial charge in [0.25, 0.3) is 0 Å². The van der Waals surface area contributed by atoms with Crippen LogP contribution in [-0.2, 0) is 9.53 Å². The van der Waals surface area contributed by atoms with Gasteiger partial charge in [-0.2, -0.15) is 0 Å². The zero-order valence-electron chi connectivity index (χ0n) is 7.55. The van der Waals surface area contributed by atoms with Crippen molar-refractivity contribution in [1.82, 2.24) is 4.98 Å². The van der Waals surface area contributed by atoms with Crippen LogP contribution in [0.5, 0.6) is 5.75 Å². The first-order valence-electron chi connectivity index (χ1n) is 4.11. The lowest BCUT2D eigenvalue weighted by Crippen LogP contribution is -2.12. The summed E-state index contributed by atoms with van der Waals surface area (Å²) >= 11 is 0. The fourth-order valence-electron chi connectivity index (χ4n) is 0.812. The quantitative estimate of drug-likeness (QED) is 0.675. The number of hydrogen-bond donors (Lipinski definition) is 1. The number of carboxylic acid groups (broad SMARTS) is 1. The predicted molar refractivity (Wildman–Crippen MR) is 48.2 cm³/mol. The summed E-state index contributed by atoms with van der Waals surface area (Å²) < 4.78 is 10.0. The van der Waals surface area contributed by atoms with E-state index in [4.69, 9.17) is 14.6 Å². The summed E-state index contributed by atoms with van der Waals surface area (Å²) in [6, 6.07) is 3.44. The Kier molecular flexibility index (Phi) is 4.43. The van der Waals surface area contributed by atoms with Crippen molar-refractivity contribution in [3.8, 4) is 5.75 Å². The second-order valence-electron chi connectivity index (χ2n) is 2.48. The molecule has 1 N–H and O–H groups in total. The summed E-state index contributed by atoms with van der Waals surface area (Å²) in [7, 11) is 0. The van der Waals surface area contributed by atoms with E-state index in [1.54, 1.807) is 24.5 Å². The lowest BCUT2D eigenvalue weighted by molar-refractivity contribution is -0.142. The Bertz CT molecular complexity index is 275. The van der Waals surface area contributed by atoms with E-state index >= 15 is 0 Å². The summed E-state index contributed by atoms with van der Waals surface area (Å²) in [6.45, 7) is 0.297. The van der Waals surface area contributed by atoms with E-state index in [0.717, 1.165) is 0 Å². The number of aliphatic carboxylic acids is 1. The third kappa shape index (κ3) is 4.42. The third-order valence-electron chi connectivity index (χ3n) is 1.37. The summed E-state index contributed by atoms with van der Waals surface area (Å²) in [4.78, 5) is 13.9. The molecule has 0 unspecified atom stereocenters. The van der Waals surface area contributed by atoms with E-state index in [1.165, 1.54) is 0 Å². The van der Waals surface area contributed by atoms with Gasteiger partial charge in [0.1, 0.15) is 19.0 Å². The van der Waals surface area contributed by atoms with Crippen LogP contribution in [0.3, 0.4) is 0 Å². The first kappa shape index (κ1) is 10.5. The molecular formula is C9H11NO4. The molecule has 0 amide bonds. The smallest absolute Gasteiger partial charge is 0.329 e.